The Morgan fingerprint density at radius 3 is 2.94 bits per heavy atom. The smallest absolute Gasteiger partial charge is 0.341 e. The Kier molecular flexibility index (Phi) is 3.47. The second-order valence-corrected chi connectivity index (χ2v) is 4.73. The van der Waals surface area contributed by atoms with E-state index in [1.807, 2.05) is 12.3 Å². The van der Waals surface area contributed by atoms with Gasteiger partial charge in [-0.25, -0.2) is 9.78 Å². The van der Waals surface area contributed by atoms with Crippen LogP contribution in [0.25, 0.3) is 0 Å². The zero-order chi connectivity index (χ0) is 13.1. The van der Waals surface area contributed by atoms with Crippen LogP contribution in [-0.4, -0.2) is 16.1 Å². The highest BCUT2D eigenvalue weighted by Crippen LogP contribution is 2.25. The van der Waals surface area contributed by atoms with Gasteiger partial charge in [-0.1, -0.05) is 6.07 Å². The molecule has 94 valence electrons. The van der Waals surface area contributed by atoms with Crippen LogP contribution in [0.5, 0.6) is 5.75 Å². The topological polar surface area (TPSA) is 85.4 Å². The van der Waals surface area contributed by atoms with E-state index in [-0.39, 0.29) is 23.6 Å². The normalized spacial score (nSPS) is 10.3. The van der Waals surface area contributed by atoms with Gasteiger partial charge in [0.2, 0.25) is 0 Å². The lowest BCUT2D eigenvalue weighted by Crippen LogP contribution is -2.07. The number of anilines is 1. The molecule has 5 nitrogen and oxygen atoms in total. The Labute approximate surface area is 108 Å². The summed E-state index contributed by atoms with van der Waals surface area (Å²) in [4.78, 5) is 15.3. The second-order valence-electron chi connectivity index (χ2n) is 3.67. The van der Waals surface area contributed by atoms with Crippen LogP contribution >= 0.6 is 11.3 Å². The number of carboxylic acids is 1. The number of aryl methyl sites for hydroxylation is 1. The molecule has 0 aliphatic rings. The summed E-state index contributed by atoms with van der Waals surface area (Å²) in [6, 6.07) is 4.77. The summed E-state index contributed by atoms with van der Waals surface area (Å²) >= 11 is 1.52. The molecule has 0 unspecified atom stereocenters. The van der Waals surface area contributed by atoms with E-state index >= 15 is 0 Å². The van der Waals surface area contributed by atoms with Crippen molar-refractivity contribution < 1.29 is 14.6 Å². The van der Waals surface area contributed by atoms with Crippen LogP contribution in [0, 0.1) is 6.92 Å². The lowest BCUT2D eigenvalue weighted by Gasteiger charge is -2.09. The quantitative estimate of drug-likeness (QED) is 0.828. The van der Waals surface area contributed by atoms with Gasteiger partial charge in [0.15, 0.2) is 0 Å². The number of aromatic carboxylic acids is 1. The summed E-state index contributed by atoms with van der Waals surface area (Å²) in [5.41, 5.74) is 6.57. The Morgan fingerprint density at radius 1 is 1.56 bits per heavy atom. The molecular formula is C12H12N2O3S. The van der Waals surface area contributed by atoms with Gasteiger partial charge in [0.05, 0.1) is 10.7 Å². The highest BCUT2D eigenvalue weighted by atomic mass is 32.1. The van der Waals surface area contributed by atoms with Crippen LogP contribution in [0.15, 0.2) is 23.6 Å². The summed E-state index contributed by atoms with van der Waals surface area (Å²) in [6.45, 7) is 2.13. The standard InChI is InChI=1S/C12H12N2O3S/c1-7-14-8(6-18-7)5-17-10-4-2-3-9(13)11(10)12(15)16/h2-4,6H,5,13H2,1H3,(H,15,16). The number of carboxylic acid groups (broad SMARTS) is 1. The minimum Gasteiger partial charge on any atom is -0.486 e. The summed E-state index contributed by atoms with van der Waals surface area (Å²) < 4.78 is 5.46. The molecule has 1 aromatic heterocycles. The summed E-state index contributed by atoms with van der Waals surface area (Å²) in [6.07, 6.45) is 0. The average molecular weight is 264 g/mol. The van der Waals surface area contributed by atoms with Crippen molar-refractivity contribution in [3.8, 4) is 5.75 Å². The number of nitrogens with two attached hydrogens (primary N) is 1. The monoisotopic (exact) mass is 264 g/mol. The van der Waals surface area contributed by atoms with Crippen molar-refractivity contribution >= 4 is 23.0 Å². The van der Waals surface area contributed by atoms with Crippen molar-refractivity contribution in [2.24, 2.45) is 0 Å². The van der Waals surface area contributed by atoms with Crippen LogP contribution in [0.4, 0.5) is 5.69 Å². The van der Waals surface area contributed by atoms with Crippen molar-refractivity contribution in [2.45, 2.75) is 13.5 Å². The first-order valence-corrected chi connectivity index (χ1v) is 6.11. The Morgan fingerprint density at radius 2 is 2.33 bits per heavy atom. The number of nitrogens with zero attached hydrogens (tertiary/aromatic N) is 1. The lowest BCUT2D eigenvalue weighted by atomic mass is 10.1. The van der Waals surface area contributed by atoms with Crippen LogP contribution in [-0.2, 0) is 6.61 Å². The molecule has 0 radical (unpaired) electrons. The maximum absolute atomic E-state index is 11.1. The number of hydrogen-bond acceptors (Lipinski definition) is 5. The molecule has 1 aromatic carbocycles. The largest absolute Gasteiger partial charge is 0.486 e. The molecule has 6 heteroatoms. The fourth-order valence-corrected chi connectivity index (χ4v) is 2.12. The third kappa shape index (κ3) is 2.60. The molecule has 2 rings (SSSR count). The first-order chi connectivity index (χ1) is 8.58. The molecule has 0 spiro atoms. The fraction of sp³-hybridized carbons (Fsp3) is 0.167. The molecule has 0 aliphatic carbocycles. The van der Waals surface area contributed by atoms with E-state index in [9.17, 15) is 4.79 Å². The van der Waals surface area contributed by atoms with Gasteiger partial charge in [-0.2, -0.15) is 0 Å². The van der Waals surface area contributed by atoms with E-state index < -0.39 is 5.97 Å². The van der Waals surface area contributed by atoms with Gasteiger partial charge in [-0.15, -0.1) is 11.3 Å². The Hall–Kier alpha value is -2.08. The molecule has 0 bridgehead atoms. The number of thiazole rings is 1. The van der Waals surface area contributed by atoms with Crippen molar-refractivity contribution in [3.63, 3.8) is 0 Å². The van der Waals surface area contributed by atoms with Gasteiger partial charge in [-0.05, 0) is 19.1 Å². The number of nitrogen functional groups attached to an aromatic ring is 1. The maximum atomic E-state index is 11.1. The van der Waals surface area contributed by atoms with Gasteiger partial charge in [0, 0.05) is 11.1 Å². The van der Waals surface area contributed by atoms with Gasteiger partial charge in [0.1, 0.15) is 17.9 Å². The predicted molar refractivity (Wildman–Crippen MR) is 69.0 cm³/mol. The summed E-state index contributed by atoms with van der Waals surface area (Å²) in [5, 5.41) is 11.9. The molecule has 0 saturated carbocycles. The number of ether oxygens (including phenoxy) is 1. The highest BCUT2D eigenvalue weighted by molar-refractivity contribution is 7.09. The van der Waals surface area contributed by atoms with Crippen LogP contribution < -0.4 is 10.5 Å². The van der Waals surface area contributed by atoms with Gasteiger partial charge in [0.25, 0.3) is 0 Å². The minimum absolute atomic E-state index is 0.00977. The zero-order valence-electron chi connectivity index (χ0n) is 9.71. The molecular weight excluding hydrogens is 252 g/mol. The Balaban J connectivity index is 2.19. The first-order valence-electron chi connectivity index (χ1n) is 5.23. The fourth-order valence-electron chi connectivity index (χ4n) is 1.52. The van der Waals surface area contributed by atoms with Crippen molar-refractivity contribution in [3.05, 3.63) is 39.8 Å². The molecule has 0 atom stereocenters. The highest BCUT2D eigenvalue weighted by Gasteiger charge is 2.15. The molecule has 2 aromatic rings. The zero-order valence-corrected chi connectivity index (χ0v) is 10.5. The SMILES string of the molecule is Cc1nc(COc2cccc(N)c2C(=O)O)cs1. The van der Waals surface area contributed by atoms with Gasteiger partial charge >= 0.3 is 5.97 Å². The number of benzene rings is 1. The predicted octanol–water partition coefficient (Wildman–Crippen LogP) is 2.31. The van der Waals surface area contributed by atoms with Crippen LogP contribution in [0.2, 0.25) is 0 Å². The molecule has 0 aliphatic heterocycles. The van der Waals surface area contributed by atoms with Crippen LogP contribution in [0.1, 0.15) is 21.1 Å². The van der Waals surface area contributed by atoms with Crippen molar-refractivity contribution in [1.29, 1.82) is 0 Å². The molecule has 0 saturated heterocycles. The molecule has 18 heavy (non-hydrogen) atoms. The number of hydrogen-bond donors (Lipinski definition) is 2. The van der Waals surface area contributed by atoms with Crippen molar-refractivity contribution in [1.82, 2.24) is 4.98 Å². The van der Waals surface area contributed by atoms with E-state index in [2.05, 4.69) is 4.98 Å². The maximum Gasteiger partial charge on any atom is 0.341 e. The Bertz CT molecular complexity index is 580. The van der Waals surface area contributed by atoms with E-state index in [0.29, 0.717) is 0 Å². The summed E-state index contributed by atoms with van der Waals surface area (Å²) in [5.74, 6) is -0.842. The molecule has 0 amide bonds. The summed E-state index contributed by atoms with van der Waals surface area (Å²) in [7, 11) is 0. The van der Waals surface area contributed by atoms with Gasteiger partial charge in [-0.3, -0.25) is 0 Å². The average Bonchev–Trinajstić information content (AvgIpc) is 2.72. The van der Waals surface area contributed by atoms with E-state index in [4.69, 9.17) is 15.6 Å². The third-order valence-corrected chi connectivity index (χ3v) is 3.14. The molecule has 0 fully saturated rings. The number of rotatable bonds is 4. The lowest BCUT2D eigenvalue weighted by molar-refractivity contribution is 0.0693. The van der Waals surface area contributed by atoms with Gasteiger partial charge < -0.3 is 15.6 Å². The van der Waals surface area contributed by atoms with Crippen LogP contribution in [0.3, 0.4) is 0 Å². The number of carbonyl (C=O) groups is 1. The number of aromatic nitrogens is 1. The molecule has 3 N–H and O–H groups in total. The second kappa shape index (κ2) is 5.05. The van der Waals surface area contributed by atoms with E-state index in [1.165, 1.54) is 17.4 Å². The minimum atomic E-state index is -1.10. The van der Waals surface area contributed by atoms with Crippen molar-refractivity contribution in [2.75, 3.05) is 5.73 Å². The first kappa shape index (κ1) is 12.4. The van der Waals surface area contributed by atoms with E-state index in [0.717, 1.165) is 10.7 Å². The molecule has 1 heterocycles. The van der Waals surface area contributed by atoms with E-state index in [1.54, 1.807) is 12.1 Å². The third-order valence-electron chi connectivity index (χ3n) is 2.31.